The summed E-state index contributed by atoms with van der Waals surface area (Å²) in [6.45, 7) is 7.99. The number of hydrogen-bond donors (Lipinski definition) is 1. The van der Waals surface area contributed by atoms with Crippen molar-refractivity contribution in [3.63, 3.8) is 0 Å². The summed E-state index contributed by atoms with van der Waals surface area (Å²) in [4.78, 5) is 7.96. The van der Waals surface area contributed by atoms with E-state index in [0.717, 1.165) is 25.6 Å². The van der Waals surface area contributed by atoms with Gasteiger partial charge in [0.15, 0.2) is 17.5 Å². The average molecular weight is 407 g/mol. The first-order chi connectivity index (χ1) is 13.4. The second kappa shape index (κ2) is 7.40. The predicted molar refractivity (Wildman–Crippen MR) is 105 cm³/mol. The molecule has 3 heterocycles. The fourth-order valence-corrected chi connectivity index (χ4v) is 5.39. The van der Waals surface area contributed by atoms with E-state index >= 15 is 0 Å². The number of hydrogen-bond acceptors (Lipinski definition) is 5. The number of benzene rings is 1. The van der Waals surface area contributed by atoms with Gasteiger partial charge in [0.05, 0.1) is 10.9 Å². The Bertz CT molecular complexity index is 992. The van der Waals surface area contributed by atoms with Crippen LogP contribution < -0.4 is 0 Å². The molecule has 1 saturated heterocycles. The van der Waals surface area contributed by atoms with Crippen molar-refractivity contribution in [3.8, 4) is 5.88 Å². The van der Waals surface area contributed by atoms with Gasteiger partial charge < -0.3 is 5.11 Å². The molecular weight excluding hydrogens is 382 g/mol. The molecule has 3 atom stereocenters. The molecule has 1 aliphatic heterocycles. The first-order valence-corrected chi connectivity index (χ1v) is 10.4. The topological polar surface area (TPSA) is 53.7 Å². The molecule has 0 radical (unpaired) electrons. The highest BCUT2D eigenvalue weighted by Crippen LogP contribution is 2.42. The van der Waals surface area contributed by atoms with Gasteiger partial charge in [-0.25, -0.2) is 13.8 Å². The molecule has 4 rings (SSSR count). The summed E-state index contributed by atoms with van der Waals surface area (Å²) in [5.41, 5.74) is 0.621. The number of likely N-dealkylation sites (tertiary alicyclic amines) is 1. The standard InChI is InChI=1S/C20H24F2N4OS/c1-4-16-23-20-26(24-16)19(27)18(28-20)17(13-5-6-14(21)15(22)8-13)25-9-11(2)7-12(3)10-25/h5-6,8,11-12,17,27H,4,7,9-10H2,1-3H3/t11-,12+,17-/m1/s1. The first kappa shape index (κ1) is 19.3. The van der Waals surface area contributed by atoms with Crippen LogP contribution in [0.4, 0.5) is 8.78 Å². The van der Waals surface area contributed by atoms with Crippen LogP contribution in [0.25, 0.3) is 4.96 Å². The van der Waals surface area contributed by atoms with Crippen LogP contribution in [0.15, 0.2) is 18.2 Å². The van der Waals surface area contributed by atoms with Crippen LogP contribution in [0.5, 0.6) is 5.88 Å². The second-order valence-electron chi connectivity index (χ2n) is 7.84. The lowest BCUT2D eigenvalue weighted by atomic mass is 9.89. The summed E-state index contributed by atoms with van der Waals surface area (Å²) in [6.07, 6.45) is 1.80. The van der Waals surface area contributed by atoms with Crippen molar-refractivity contribution in [2.45, 2.75) is 39.7 Å². The third kappa shape index (κ3) is 3.39. The van der Waals surface area contributed by atoms with Gasteiger partial charge in [0.2, 0.25) is 10.8 Å². The molecular formula is C20H24F2N4OS. The summed E-state index contributed by atoms with van der Waals surface area (Å²) in [5, 5.41) is 15.2. The van der Waals surface area contributed by atoms with Crippen molar-refractivity contribution >= 4 is 16.3 Å². The lowest BCUT2D eigenvalue weighted by Gasteiger charge is -2.40. The van der Waals surface area contributed by atoms with Gasteiger partial charge in [0, 0.05) is 19.5 Å². The molecule has 5 nitrogen and oxygen atoms in total. The zero-order valence-corrected chi connectivity index (χ0v) is 17.0. The molecule has 0 saturated carbocycles. The molecule has 3 aromatic rings. The summed E-state index contributed by atoms with van der Waals surface area (Å²) in [6, 6.07) is 3.60. The number of thiazole rings is 1. The van der Waals surface area contributed by atoms with Crippen molar-refractivity contribution < 1.29 is 13.9 Å². The monoisotopic (exact) mass is 406 g/mol. The van der Waals surface area contributed by atoms with Gasteiger partial charge in [0.1, 0.15) is 0 Å². The Kier molecular flexibility index (Phi) is 5.09. The predicted octanol–water partition coefficient (Wildman–Crippen LogP) is 4.40. The van der Waals surface area contributed by atoms with Crippen molar-refractivity contribution in [2.24, 2.45) is 11.8 Å². The smallest absolute Gasteiger partial charge is 0.230 e. The molecule has 0 unspecified atom stereocenters. The maximum absolute atomic E-state index is 14.0. The van der Waals surface area contributed by atoms with Gasteiger partial charge in [-0.3, -0.25) is 4.90 Å². The van der Waals surface area contributed by atoms with E-state index in [9.17, 15) is 13.9 Å². The zero-order valence-electron chi connectivity index (χ0n) is 16.2. The Morgan fingerprint density at radius 3 is 2.54 bits per heavy atom. The minimum absolute atomic E-state index is 0.0211. The third-order valence-electron chi connectivity index (χ3n) is 5.33. The molecule has 1 fully saturated rings. The highest BCUT2D eigenvalue weighted by molar-refractivity contribution is 7.17. The Morgan fingerprint density at radius 2 is 1.93 bits per heavy atom. The van der Waals surface area contributed by atoms with Crippen LogP contribution in [0.1, 0.15) is 49.5 Å². The van der Waals surface area contributed by atoms with E-state index in [0.29, 0.717) is 39.5 Å². The molecule has 0 aliphatic carbocycles. The lowest BCUT2D eigenvalue weighted by Crippen LogP contribution is -2.41. The van der Waals surface area contributed by atoms with Crippen molar-refractivity contribution in [3.05, 3.63) is 46.1 Å². The highest BCUT2D eigenvalue weighted by Gasteiger charge is 2.34. The second-order valence-corrected chi connectivity index (χ2v) is 8.85. The number of aromatic nitrogens is 3. The number of aromatic hydroxyl groups is 1. The highest BCUT2D eigenvalue weighted by atomic mass is 32.1. The molecule has 1 aliphatic rings. The van der Waals surface area contributed by atoms with Crippen molar-refractivity contribution in [1.82, 2.24) is 19.5 Å². The minimum Gasteiger partial charge on any atom is -0.492 e. The molecule has 1 aromatic carbocycles. The van der Waals surface area contributed by atoms with Crippen LogP contribution in [0, 0.1) is 23.5 Å². The SMILES string of the molecule is CCc1nc2sc([C@@H](c3ccc(F)c(F)c3)N3C[C@H](C)C[C@H](C)C3)c(O)n2n1. The normalized spacial score (nSPS) is 22.0. The largest absolute Gasteiger partial charge is 0.492 e. The first-order valence-electron chi connectivity index (χ1n) is 9.63. The van der Waals surface area contributed by atoms with E-state index in [-0.39, 0.29) is 11.9 Å². The van der Waals surface area contributed by atoms with E-state index in [1.807, 2.05) is 6.92 Å². The number of fused-ring (bicyclic) bond motifs is 1. The fraction of sp³-hybridized carbons (Fsp3) is 0.500. The quantitative estimate of drug-likeness (QED) is 0.698. The maximum Gasteiger partial charge on any atom is 0.230 e. The van der Waals surface area contributed by atoms with Gasteiger partial charge >= 0.3 is 0 Å². The zero-order chi connectivity index (χ0) is 20.0. The van der Waals surface area contributed by atoms with Gasteiger partial charge in [-0.2, -0.15) is 4.52 Å². The molecule has 8 heteroatoms. The molecule has 0 amide bonds. The van der Waals surface area contributed by atoms with Crippen LogP contribution in [0.2, 0.25) is 0 Å². The van der Waals surface area contributed by atoms with E-state index < -0.39 is 11.6 Å². The molecule has 2 aromatic heterocycles. The third-order valence-corrected chi connectivity index (χ3v) is 6.40. The molecule has 28 heavy (non-hydrogen) atoms. The number of aryl methyl sites for hydroxylation is 1. The van der Waals surface area contributed by atoms with Crippen molar-refractivity contribution in [2.75, 3.05) is 13.1 Å². The van der Waals surface area contributed by atoms with Crippen LogP contribution in [-0.2, 0) is 6.42 Å². The average Bonchev–Trinajstić information content (AvgIpc) is 3.17. The Labute approximate surface area is 166 Å². The maximum atomic E-state index is 14.0. The van der Waals surface area contributed by atoms with Crippen molar-refractivity contribution in [1.29, 1.82) is 0 Å². The Balaban J connectivity index is 1.83. The lowest BCUT2D eigenvalue weighted by molar-refractivity contribution is 0.111. The summed E-state index contributed by atoms with van der Waals surface area (Å²) in [7, 11) is 0. The molecule has 0 bridgehead atoms. The molecule has 1 N–H and O–H groups in total. The van der Waals surface area contributed by atoms with Crippen LogP contribution in [0.3, 0.4) is 0 Å². The Morgan fingerprint density at radius 1 is 1.21 bits per heavy atom. The van der Waals surface area contributed by atoms with Gasteiger partial charge in [-0.1, -0.05) is 38.2 Å². The van der Waals surface area contributed by atoms with Gasteiger partial charge in [-0.15, -0.1) is 5.10 Å². The van der Waals surface area contributed by atoms with Gasteiger partial charge in [-0.05, 0) is 36.0 Å². The number of piperidine rings is 1. The summed E-state index contributed by atoms with van der Waals surface area (Å²) in [5.74, 6) is -0.110. The molecule has 150 valence electrons. The van der Waals surface area contributed by atoms with E-state index in [1.165, 1.54) is 21.9 Å². The van der Waals surface area contributed by atoms with Gasteiger partial charge in [0.25, 0.3) is 0 Å². The number of halogens is 2. The van der Waals surface area contributed by atoms with Crippen LogP contribution in [-0.4, -0.2) is 37.7 Å². The van der Waals surface area contributed by atoms with E-state index in [2.05, 4.69) is 28.8 Å². The van der Waals surface area contributed by atoms with Crippen LogP contribution >= 0.6 is 11.3 Å². The number of nitrogens with zero attached hydrogens (tertiary/aromatic N) is 4. The Hall–Kier alpha value is -2.06. The summed E-state index contributed by atoms with van der Waals surface area (Å²) < 4.78 is 29.0. The minimum atomic E-state index is -0.882. The molecule has 0 spiro atoms. The van der Waals surface area contributed by atoms with E-state index in [1.54, 1.807) is 6.07 Å². The fourth-order valence-electron chi connectivity index (χ4n) is 4.25. The number of rotatable bonds is 4. The summed E-state index contributed by atoms with van der Waals surface area (Å²) >= 11 is 1.35. The van der Waals surface area contributed by atoms with E-state index in [4.69, 9.17) is 0 Å².